The fourth-order valence-corrected chi connectivity index (χ4v) is 2.18. The van der Waals surface area contributed by atoms with Crippen molar-refractivity contribution in [1.82, 2.24) is 4.98 Å². The number of halogens is 6. The van der Waals surface area contributed by atoms with Crippen molar-refractivity contribution in [3.63, 3.8) is 0 Å². The number of nitrogens with zero attached hydrogens (tertiary/aromatic N) is 1. The number of rotatable bonds is 1. The zero-order chi connectivity index (χ0) is 15.1. The van der Waals surface area contributed by atoms with Crippen LogP contribution in [0.2, 0.25) is 15.1 Å². The highest BCUT2D eigenvalue weighted by atomic mass is 35.5. The predicted molar refractivity (Wildman–Crippen MR) is 74.1 cm³/mol. The minimum atomic E-state index is -4.55. The monoisotopic (exact) mass is 340 g/mol. The van der Waals surface area contributed by atoms with Crippen molar-refractivity contribution in [2.24, 2.45) is 0 Å². The summed E-state index contributed by atoms with van der Waals surface area (Å²) in [4.78, 5) is 3.34. The van der Waals surface area contributed by atoms with Gasteiger partial charge in [-0.2, -0.15) is 13.2 Å². The van der Waals surface area contributed by atoms with Gasteiger partial charge in [0.25, 0.3) is 0 Å². The summed E-state index contributed by atoms with van der Waals surface area (Å²) in [5.41, 5.74) is 5.22. The lowest BCUT2D eigenvalue weighted by Gasteiger charge is -2.11. The molecule has 0 fully saturated rings. The Labute approximate surface area is 127 Å². The first-order chi connectivity index (χ1) is 9.20. The maximum absolute atomic E-state index is 12.5. The third-order valence-corrected chi connectivity index (χ3v) is 3.71. The summed E-state index contributed by atoms with van der Waals surface area (Å²) < 4.78 is 37.5. The molecule has 0 bridgehead atoms. The smallest absolute Gasteiger partial charge is 0.383 e. The molecular formula is C12H6Cl3F3N2. The van der Waals surface area contributed by atoms with Gasteiger partial charge in [-0.1, -0.05) is 34.8 Å². The van der Waals surface area contributed by atoms with Gasteiger partial charge in [0.05, 0.1) is 15.1 Å². The van der Waals surface area contributed by atoms with Crippen molar-refractivity contribution in [3.05, 3.63) is 45.0 Å². The first-order valence-corrected chi connectivity index (χ1v) is 6.32. The average Bonchev–Trinajstić information content (AvgIpc) is 2.34. The fourth-order valence-electron chi connectivity index (χ4n) is 1.59. The van der Waals surface area contributed by atoms with Crippen LogP contribution in [0.1, 0.15) is 5.69 Å². The van der Waals surface area contributed by atoms with E-state index in [1.807, 2.05) is 0 Å². The third kappa shape index (κ3) is 2.95. The number of nitrogen functional groups attached to an aromatic ring is 1. The molecule has 2 N–H and O–H groups in total. The van der Waals surface area contributed by atoms with Crippen LogP contribution in [-0.2, 0) is 6.18 Å². The van der Waals surface area contributed by atoms with Crippen LogP contribution in [0.15, 0.2) is 24.3 Å². The number of hydrogen-bond donors (Lipinski definition) is 1. The van der Waals surface area contributed by atoms with E-state index < -0.39 is 11.9 Å². The van der Waals surface area contributed by atoms with Crippen molar-refractivity contribution in [1.29, 1.82) is 0 Å². The molecule has 2 aromatic rings. The Morgan fingerprint density at radius 1 is 1.00 bits per heavy atom. The lowest BCUT2D eigenvalue weighted by molar-refractivity contribution is -0.141. The molecule has 0 saturated heterocycles. The van der Waals surface area contributed by atoms with E-state index >= 15 is 0 Å². The number of pyridine rings is 1. The van der Waals surface area contributed by atoms with Crippen molar-refractivity contribution in [2.45, 2.75) is 6.18 Å². The van der Waals surface area contributed by atoms with Crippen LogP contribution >= 0.6 is 34.8 Å². The highest BCUT2D eigenvalue weighted by Crippen LogP contribution is 2.37. The van der Waals surface area contributed by atoms with Crippen LogP contribution in [0, 0.1) is 0 Å². The number of hydrogen-bond acceptors (Lipinski definition) is 2. The van der Waals surface area contributed by atoms with E-state index in [2.05, 4.69) is 4.98 Å². The van der Waals surface area contributed by atoms with E-state index in [0.29, 0.717) is 11.1 Å². The second-order valence-corrected chi connectivity index (χ2v) is 5.07. The van der Waals surface area contributed by atoms with Crippen LogP contribution in [0.5, 0.6) is 0 Å². The van der Waals surface area contributed by atoms with Gasteiger partial charge in [-0.3, -0.25) is 0 Å². The molecule has 20 heavy (non-hydrogen) atoms. The summed E-state index contributed by atoms with van der Waals surface area (Å²) >= 11 is 17.5. The van der Waals surface area contributed by atoms with E-state index in [4.69, 9.17) is 40.5 Å². The predicted octanol–water partition coefficient (Wildman–Crippen LogP) is 5.31. The highest BCUT2D eigenvalue weighted by Gasteiger charge is 2.32. The Bertz CT molecular complexity index is 648. The van der Waals surface area contributed by atoms with Crippen molar-refractivity contribution >= 4 is 40.6 Å². The standard InChI is InChI=1S/C12H6Cl3F3N2/c13-7-3-5(4-8(14)10(7)15)6-1-2-9(12(16,17)18)20-11(6)19/h1-4H,(H2,19,20). The lowest BCUT2D eigenvalue weighted by Crippen LogP contribution is -2.09. The molecule has 2 nitrogen and oxygen atoms in total. The summed E-state index contributed by atoms with van der Waals surface area (Å²) in [6, 6.07) is 4.95. The first kappa shape index (κ1) is 15.2. The largest absolute Gasteiger partial charge is 0.433 e. The van der Waals surface area contributed by atoms with Gasteiger partial charge in [0.15, 0.2) is 0 Å². The Morgan fingerprint density at radius 3 is 2.00 bits per heavy atom. The number of benzene rings is 1. The Hall–Kier alpha value is -1.17. The second-order valence-electron chi connectivity index (χ2n) is 3.88. The number of alkyl halides is 3. The molecule has 1 aromatic heterocycles. The van der Waals surface area contributed by atoms with Crippen LogP contribution in [0.3, 0.4) is 0 Å². The van der Waals surface area contributed by atoms with Gasteiger partial charge >= 0.3 is 6.18 Å². The van der Waals surface area contributed by atoms with E-state index in [1.54, 1.807) is 0 Å². The summed E-state index contributed by atoms with van der Waals surface area (Å²) in [6.07, 6.45) is -4.55. The molecule has 0 radical (unpaired) electrons. The summed E-state index contributed by atoms with van der Waals surface area (Å²) in [7, 11) is 0. The third-order valence-electron chi connectivity index (χ3n) is 2.51. The maximum Gasteiger partial charge on any atom is 0.433 e. The van der Waals surface area contributed by atoms with Crippen LogP contribution in [0.25, 0.3) is 11.1 Å². The van der Waals surface area contributed by atoms with Gasteiger partial charge in [-0.15, -0.1) is 0 Å². The van der Waals surface area contributed by atoms with Gasteiger partial charge in [0.2, 0.25) is 0 Å². The number of anilines is 1. The summed E-state index contributed by atoms with van der Waals surface area (Å²) in [5.74, 6) is -0.269. The van der Waals surface area contributed by atoms with Gasteiger partial charge in [-0.25, -0.2) is 4.98 Å². The Kier molecular flexibility index (Phi) is 4.04. The second kappa shape index (κ2) is 5.31. The molecule has 0 aliphatic heterocycles. The zero-order valence-electron chi connectivity index (χ0n) is 9.60. The topological polar surface area (TPSA) is 38.9 Å². The van der Waals surface area contributed by atoms with Crippen molar-refractivity contribution < 1.29 is 13.2 Å². The lowest BCUT2D eigenvalue weighted by atomic mass is 10.1. The van der Waals surface area contributed by atoms with Crippen LogP contribution in [-0.4, -0.2) is 4.98 Å². The minimum absolute atomic E-state index is 0.163. The average molecular weight is 342 g/mol. The molecule has 0 amide bonds. The number of nitrogens with two attached hydrogens (primary N) is 1. The Morgan fingerprint density at radius 2 is 1.55 bits per heavy atom. The number of aromatic nitrogens is 1. The molecule has 0 aliphatic carbocycles. The SMILES string of the molecule is Nc1nc(C(F)(F)F)ccc1-c1cc(Cl)c(Cl)c(Cl)c1. The molecule has 1 heterocycles. The maximum atomic E-state index is 12.5. The van der Waals surface area contributed by atoms with Crippen LogP contribution < -0.4 is 5.73 Å². The van der Waals surface area contributed by atoms with E-state index in [-0.39, 0.29) is 20.9 Å². The van der Waals surface area contributed by atoms with Crippen molar-refractivity contribution in [2.75, 3.05) is 5.73 Å². The van der Waals surface area contributed by atoms with Gasteiger partial charge in [0.1, 0.15) is 11.5 Å². The normalized spacial score (nSPS) is 11.7. The molecule has 1 aromatic carbocycles. The molecule has 2 rings (SSSR count). The van der Waals surface area contributed by atoms with Gasteiger partial charge in [-0.05, 0) is 29.8 Å². The molecule has 8 heteroatoms. The molecule has 0 spiro atoms. The van der Waals surface area contributed by atoms with Crippen LogP contribution in [0.4, 0.5) is 19.0 Å². The summed E-state index contributed by atoms with van der Waals surface area (Å²) in [6.45, 7) is 0. The van der Waals surface area contributed by atoms with E-state index in [0.717, 1.165) is 6.07 Å². The quantitative estimate of drug-likeness (QED) is 0.714. The fraction of sp³-hybridized carbons (Fsp3) is 0.0833. The van der Waals surface area contributed by atoms with E-state index in [9.17, 15) is 13.2 Å². The highest BCUT2D eigenvalue weighted by molar-refractivity contribution is 6.48. The summed E-state index contributed by atoms with van der Waals surface area (Å²) in [5, 5.41) is 0.512. The Balaban J connectivity index is 2.54. The van der Waals surface area contributed by atoms with Gasteiger partial charge < -0.3 is 5.73 Å². The van der Waals surface area contributed by atoms with Gasteiger partial charge in [0, 0.05) is 5.56 Å². The molecule has 0 aliphatic rings. The molecule has 0 saturated carbocycles. The minimum Gasteiger partial charge on any atom is -0.383 e. The zero-order valence-corrected chi connectivity index (χ0v) is 11.9. The first-order valence-electron chi connectivity index (χ1n) is 5.19. The van der Waals surface area contributed by atoms with Crippen molar-refractivity contribution in [3.8, 4) is 11.1 Å². The molecule has 106 valence electrons. The molecule has 0 atom stereocenters. The van der Waals surface area contributed by atoms with E-state index in [1.165, 1.54) is 18.2 Å². The molecular weight excluding hydrogens is 335 g/mol. The molecule has 0 unspecified atom stereocenters.